The van der Waals surface area contributed by atoms with Crippen LogP contribution < -0.4 is 0 Å². The zero-order valence-electron chi connectivity index (χ0n) is 12.1. The van der Waals surface area contributed by atoms with E-state index in [4.69, 9.17) is 5.11 Å². The molecule has 1 N–H and O–H groups in total. The molecule has 3 aliphatic rings. The summed E-state index contributed by atoms with van der Waals surface area (Å²) in [5.74, 6) is 3.63. The zero-order valence-corrected chi connectivity index (χ0v) is 12.1. The van der Waals surface area contributed by atoms with Crippen molar-refractivity contribution in [1.29, 1.82) is 5.26 Å². The van der Waals surface area contributed by atoms with Crippen molar-refractivity contribution < 1.29 is 5.11 Å². The molecule has 2 heteroatoms. The van der Waals surface area contributed by atoms with Crippen LogP contribution in [-0.4, -0.2) is 11.7 Å². The molecule has 2 nitrogen and oxygen atoms in total. The van der Waals surface area contributed by atoms with E-state index in [1.807, 2.05) is 0 Å². The van der Waals surface area contributed by atoms with E-state index < -0.39 is 0 Å². The molecular formula is C17H27NO. The minimum absolute atomic E-state index is 0.314. The molecule has 3 saturated carbocycles. The first-order valence-electron chi connectivity index (χ1n) is 8.18. The lowest BCUT2D eigenvalue weighted by atomic mass is 9.55. The molecule has 0 aromatic carbocycles. The minimum atomic E-state index is 0.314. The quantitative estimate of drug-likeness (QED) is 0.822. The van der Waals surface area contributed by atoms with E-state index in [2.05, 4.69) is 13.0 Å². The van der Waals surface area contributed by atoms with E-state index in [-0.39, 0.29) is 0 Å². The molecule has 0 aliphatic heterocycles. The summed E-state index contributed by atoms with van der Waals surface area (Å²) in [5, 5.41) is 18.5. The summed E-state index contributed by atoms with van der Waals surface area (Å²) < 4.78 is 0. The normalized spacial score (nSPS) is 49.2. The molecular weight excluding hydrogens is 234 g/mol. The van der Waals surface area contributed by atoms with Crippen molar-refractivity contribution in [3.63, 3.8) is 0 Å². The van der Waals surface area contributed by atoms with Crippen LogP contribution >= 0.6 is 0 Å². The number of fused-ring (bicyclic) bond motifs is 2. The van der Waals surface area contributed by atoms with Gasteiger partial charge in [0.05, 0.1) is 12.0 Å². The third-order valence-electron chi connectivity index (χ3n) is 6.76. The van der Waals surface area contributed by atoms with Gasteiger partial charge >= 0.3 is 0 Å². The average molecular weight is 261 g/mol. The van der Waals surface area contributed by atoms with Crippen LogP contribution in [0.15, 0.2) is 0 Å². The molecule has 0 heterocycles. The van der Waals surface area contributed by atoms with Crippen LogP contribution in [-0.2, 0) is 0 Å². The summed E-state index contributed by atoms with van der Waals surface area (Å²) in [7, 11) is 0. The summed E-state index contributed by atoms with van der Waals surface area (Å²) in [4.78, 5) is 0. The summed E-state index contributed by atoms with van der Waals surface area (Å²) in [6.07, 6.45) is 10.1. The minimum Gasteiger partial charge on any atom is -0.396 e. The maximum atomic E-state index is 9.40. The molecule has 0 unspecified atom stereocenters. The van der Waals surface area contributed by atoms with Crippen molar-refractivity contribution in [2.75, 3.05) is 6.61 Å². The third kappa shape index (κ3) is 2.21. The lowest BCUT2D eigenvalue weighted by Crippen LogP contribution is -2.42. The Hall–Kier alpha value is -0.550. The van der Waals surface area contributed by atoms with Crippen molar-refractivity contribution in [3.05, 3.63) is 0 Å². The van der Waals surface area contributed by atoms with E-state index in [0.717, 1.165) is 36.5 Å². The fourth-order valence-corrected chi connectivity index (χ4v) is 5.58. The molecule has 3 fully saturated rings. The standard InChI is InChI=1S/C17H27NO/c1-17-10-13-3-2-12(6-7-19)8-14(13)9-15(17)4-5-16(17)11-18/h12-16,19H,2-10H2,1H3/t12-,13+,14-,15-,16+,17-/m0/s1. The lowest BCUT2D eigenvalue weighted by molar-refractivity contribution is 0.000850. The zero-order chi connectivity index (χ0) is 13.5. The maximum absolute atomic E-state index is 9.40. The second-order valence-electron chi connectivity index (χ2n) is 7.61. The van der Waals surface area contributed by atoms with Gasteiger partial charge in [0.2, 0.25) is 0 Å². The smallest absolute Gasteiger partial charge is 0.0661 e. The van der Waals surface area contributed by atoms with Gasteiger partial charge in [-0.25, -0.2) is 0 Å². The number of hydrogen-bond acceptors (Lipinski definition) is 2. The molecule has 3 rings (SSSR count). The largest absolute Gasteiger partial charge is 0.396 e. The van der Waals surface area contributed by atoms with Gasteiger partial charge in [-0.1, -0.05) is 13.3 Å². The number of nitrogens with zero attached hydrogens (tertiary/aromatic N) is 1. The van der Waals surface area contributed by atoms with Crippen LogP contribution in [0.3, 0.4) is 0 Å². The molecule has 0 saturated heterocycles. The van der Waals surface area contributed by atoms with Crippen molar-refractivity contribution >= 4 is 0 Å². The Bertz CT molecular complexity index is 374. The summed E-state index contributed by atoms with van der Waals surface area (Å²) in [6.45, 7) is 2.76. The Morgan fingerprint density at radius 1 is 1.16 bits per heavy atom. The van der Waals surface area contributed by atoms with Gasteiger partial charge < -0.3 is 5.11 Å². The third-order valence-corrected chi connectivity index (χ3v) is 6.76. The second kappa shape index (κ2) is 5.09. The monoisotopic (exact) mass is 261 g/mol. The molecule has 3 aliphatic carbocycles. The predicted octanol–water partition coefficient (Wildman–Crippen LogP) is 3.75. The van der Waals surface area contributed by atoms with Gasteiger partial charge in [0, 0.05) is 6.61 Å². The van der Waals surface area contributed by atoms with Gasteiger partial charge in [-0.3, -0.25) is 0 Å². The topological polar surface area (TPSA) is 44.0 Å². The van der Waals surface area contributed by atoms with Crippen LogP contribution in [0.5, 0.6) is 0 Å². The molecule has 0 aromatic heterocycles. The van der Waals surface area contributed by atoms with E-state index in [1.165, 1.54) is 38.5 Å². The van der Waals surface area contributed by atoms with Crippen molar-refractivity contribution in [1.82, 2.24) is 0 Å². The Morgan fingerprint density at radius 2 is 2.00 bits per heavy atom. The van der Waals surface area contributed by atoms with Gasteiger partial charge in [0.15, 0.2) is 0 Å². The fraction of sp³-hybridized carbons (Fsp3) is 0.941. The lowest BCUT2D eigenvalue weighted by Gasteiger charge is -2.49. The Balaban J connectivity index is 1.71. The van der Waals surface area contributed by atoms with Crippen LogP contribution in [0, 0.1) is 46.3 Å². The van der Waals surface area contributed by atoms with Gasteiger partial charge in [-0.15, -0.1) is 0 Å². The molecule has 0 aromatic rings. The maximum Gasteiger partial charge on any atom is 0.0661 e. The van der Waals surface area contributed by atoms with Gasteiger partial charge in [-0.2, -0.15) is 5.26 Å². The number of hydrogen-bond donors (Lipinski definition) is 1. The van der Waals surface area contributed by atoms with Gasteiger partial charge in [-0.05, 0) is 74.0 Å². The molecule has 19 heavy (non-hydrogen) atoms. The molecule has 0 spiro atoms. The van der Waals surface area contributed by atoms with Crippen molar-refractivity contribution in [3.8, 4) is 6.07 Å². The predicted molar refractivity (Wildman–Crippen MR) is 75.2 cm³/mol. The molecule has 106 valence electrons. The molecule has 0 bridgehead atoms. The van der Waals surface area contributed by atoms with Crippen LogP contribution in [0.4, 0.5) is 0 Å². The van der Waals surface area contributed by atoms with Crippen LogP contribution in [0.2, 0.25) is 0 Å². The summed E-state index contributed by atoms with van der Waals surface area (Å²) in [6, 6.07) is 2.60. The first-order chi connectivity index (χ1) is 9.17. The Morgan fingerprint density at radius 3 is 2.74 bits per heavy atom. The number of aliphatic hydroxyl groups excluding tert-OH is 1. The number of nitriles is 1. The molecule has 0 amide bonds. The highest BCUT2D eigenvalue weighted by atomic mass is 16.3. The SMILES string of the molecule is C[C@]12C[C@H]3CC[C@@H](CCO)C[C@H]3C[C@@H]1CC[C@@H]2C#N. The molecule has 0 radical (unpaired) electrons. The average Bonchev–Trinajstić information content (AvgIpc) is 2.72. The number of aliphatic hydroxyl groups is 1. The van der Waals surface area contributed by atoms with E-state index >= 15 is 0 Å². The van der Waals surface area contributed by atoms with Gasteiger partial charge in [0.25, 0.3) is 0 Å². The summed E-state index contributed by atoms with van der Waals surface area (Å²) >= 11 is 0. The van der Waals surface area contributed by atoms with Gasteiger partial charge in [0.1, 0.15) is 0 Å². The van der Waals surface area contributed by atoms with Crippen LogP contribution in [0.1, 0.15) is 58.3 Å². The van der Waals surface area contributed by atoms with Crippen molar-refractivity contribution in [2.24, 2.45) is 35.0 Å². The molecule has 6 atom stereocenters. The van der Waals surface area contributed by atoms with Crippen LogP contribution in [0.25, 0.3) is 0 Å². The fourth-order valence-electron chi connectivity index (χ4n) is 5.58. The van der Waals surface area contributed by atoms with E-state index in [0.29, 0.717) is 17.9 Å². The first-order valence-corrected chi connectivity index (χ1v) is 8.18. The Kier molecular flexibility index (Phi) is 3.60. The Labute approximate surface area is 117 Å². The first kappa shape index (κ1) is 13.4. The van der Waals surface area contributed by atoms with E-state index in [1.54, 1.807) is 0 Å². The second-order valence-corrected chi connectivity index (χ2v) is 7.61. The van der Waals surface area contributed by atoms with E-state index in [9.17, 15) is 5.26 Å². The summed E-state index contributed by atoms with van der Waals surface area (Å²) in [5.41, 5.74) is 0.319. The highest BCUT2D eigenvalue weighted by molar-refractivity contribution is 5.08. The highest BCUT2D eigenvalue weighted by Crippen LogP contribution is 2.60. The van der Waals surface area contributed by atoms with Crippen molar-refractivity contribution in [2.45, 2.75) is 58.3 Å². The number of rotatable bonds is 2. The highest BCUT2D eigenvalue weighted by Gasteiger charge is 2.53.